The Morgan fingerprint density at radius 3 is 2.19 bits per heavy atom. The van der Waals surface area contributed by atoms with Gasteiger partial charge in [0.05, 0.1) is 26.4 Å². The van der Waals surface area contributed by atoms with Crippen molar-refractivity contribution in [2.75, 3.05) is 27.4 Å². The zero-order valence-electron chi connectivity index (χ0n) is 16.2. The van der Waals surface area contributed by atoms with Gasteiger partial charge in [-0.1, -0.05) is 30.3 Å². The van der Waals surface area contributed by atoms with E-state index in [-0.39, 0.29) is 13.2 Å². The number of ether oxygens (including phenoxy) is 2. The molecule has 1 unspecified atom stereocenters. The minimum Gasteiger partial charge on any atom is -0.467 e. The van der Waals surface area contributed by atoms with Crippen LogP contribution in [0.2, 0.25) is 0 Å². The predicted molar refractivity (Wildman–Crippen MR) is 98.1 cm³/mol. The van der Waals surface area contributed by atoms with E-state index in [1.807, 2.05) is 30.3 Å². The van der Waals surface area contributed by atoms with Gasteiger partial charge in [0.1, 0.15) is 0 Å². The van der Waals surface area contributed by atoms with E-state index in [1.54, 1.807) is 20.8 Å². The number of hydrogen-bond acceptors (Lipinski definition) is 7. The van der Waals surface area contributed by atoms with E-state index in [2.05, 4.69) is 0 Å². The molecular formula is C18H26NO7P. The molecular weight excluding hydrogens is 373 g/mol. The summed E-state index contributed by atoms with van der Waals surface area (Å²) in [6.45, 7) is 4.98. The number of carbonyl (C=O) groups is 2. The lowest BCUT2D eigenvalue weighted by Gasteiger charge is -2.55. The highest BCUT2D eigenvalue weighted by Crippen LogP contribution is 2.60. The molecule has 1 aliphatic rings. The molecule has 2 rings (SSSR count). The lowest BCUT2D eigenvalue weighted by molar-refractivity contribution is -0.202. The molecule has 0 bridgehead atoms. The molecule has 1 heterocycles. The standard InChI is InChI=1S/C18H26NO7P/c1-6-25-27(22,26-7-2)15(16(20)23-4)19-14(13-11-9-8-10-12-13)18(3,24-5)17(19)21/h8-12,14-15H,6-7H2,1-5H3/t14-,15?,18-/m1/s1. The van der Waals surface area contributed by atoms with Gasteiger partial charge in [0.25, 0.3) is 5.91 Å². The third-order valence-corrected chi connectivity index (χ3v) is 6.89. The van der Waals surface area contributed by atoms with Crippen LogP contribution in [-0.4, -0.2) is 55.6 Å². The van der Waals surface area contributed by atoms with E-state index < -0.39 is 36.9 Å². The van der Waals surface area contributed by atoms with Crippen molar-refractivity contribution in [2.45, 2.75) is 38.2 Å². The van der Waals surface area contributed by atoms with E-state index in [4.69, 9.17) is 18.5 Å². The van der Waals surface area contributed by atoms with Gasteiger partial charge < -0.3 is 23.4 Å². The average molecular weight is 399 g/mol. The Balaban J connectivity index is 2.58. The van der Waals surface area contributed by atoms with Crippen molar-refractivity contribution in [2.24, 2.45) is 0 Å². The summed E-state index contributed by atoms with van der Waals surface area (Å²) in [5.74, 6) is -2.88. The van der Waals surface area contributed by atoms with Crippen LogP contribution in [0.3, 0.4) is 0 Å². The Kier molecular flexibility index (Phi) is 6.81. The van der Waals surface area contributed by atoms with Crippen LogP contribution in [-0.2, 0) is 32.7 Å². The van der Waals surface area contributed by atoms with Gasteiger partial charge in [0.15, 0.2) is 5.60 Å². The van der Waals surface area contributed by atoms with Gasteiger partial charge in [0, 0.05) is 7.11 Å². The fraction of sp³-hybridized carbons (Fsp3) is 0.556. The van der Waals surface area contributed by atoms with Crippen LogP contribution >= 0.6 is 7.60 Å². The third kappa shape index (κ3) is 3.67. The molecule has 1 aromatic rings. The smallest absolute Gasteiger partial charge is 0.364 e. The second-order valence-electron chi connectivity index (χ2n) is 6.11. The monoisotopic (exact) mass is 399 g/mol. The molecule has 0 aromatic heterocycles. The Bertz CT molecular complexity index is 716. The first kappa shape index (κ1) is 21.6. The summed E-state index contributed by atoms with van der Waals surface area (Å²) >= 11 is 0. The Labute approximate surface area is 159 Å². The molecule has 0 radical (unpaired) electrons. The SMILES string of the molecule is CCOP(=O)(OCC)C(C(=O)OC)N1C(=O)[C@](C)(OC)[C@H]1c1ccccc1. The molecule has 27 heavy (non-hydrogen) atoms. The quantitative estimate of drug-likeness (QED) is 0.358. The predicted octanol–water partition coefficient (Wildman–Crippen LogP) is 2.74. The van der Waals surface area contributed by atoms with Crippen LogP contribution in [0.25, 0.3) is 0 Å². The van der Waals surface area contributed by atoms with E-state index >= 15 is 0 Å². The first-order valence-corrected chi connectivity index (χ1v) is 10.3. The topological polar surface area (TPSA) is 91.4 Å². The summed E-state index contributed by atoms with van der Waals surface area (Å²) in [6.07, 6.45) is 0. The molecule has 0 N–H and O–H groups in total. The number of β-lactam (4-membered cyclic amide) rings is 1. The zero-order chi connectivity index (χ0) is 20.2. The van der Waals surface area contributed by atoms with Gasteiger partial charge >= 0.3 is 13.6 Å². The first-order chi connectivity index (χ1) is 12.8. The molecule has 3 atom stereocenters. The number of benzene rings is 1. The molecule has 1 saturated heterocycles. The zero-order valence-corrected chi connectivity index (χ0v) is 17.1. The number of amides is 1. The molecule has 0 spiro atoms. The maximum absolute atomic E-state index is 13.4. The second-order valence-corrected chi connectivity index (χ2v) is 8.19. The van der Waals surface area contributed by atoms with E-state index in [9.17, 15) is 14.2 Å². The Hall–Kier alpha value is -1.73. The van der Waals surface area contributed by atoms with Crippen molar-refractivity contribution in [1.82, 2.24) is 4.90 Å². The number of rotatable bonds is 9. The van der Waals surface area contributed by atoms with Gasteiger partial charge in [-0.2, -0.15) is 0 Å². The first-order valence-electron chi connectivity index (χ1n) is 8.70. The normalized spacial score (nSPS) is 23.7. The summed E-state index contributed by atoms with van der Waals surface area (Å²) in [5, 5.41) is 0. The number of methoxy groups -OCH3 is 2. The number of esters is 1. The van der Waals surface area contributed by atoms with Gasteiger partial charge in [-0.05, 0) is 26.3 Å². The highest BCUT2D eigenvalue weighted by atomic mass is 31.2. The van der Waals surface area contributed by atoms with Crippen molar-refractivity contribution >= 4 is 19.5 Å². The van der Waals surface area contributed by atoms with Crippen LogP contribution in [0.5, 0.6) is 0 Å². The van der Waals surface area contributed by atoms with Crippen LogP contribution in [0.15, 0.2) is 30.3 Å². The van der Waals surface area contributed by atoms with Gasteiger partial charge in [-0.15, -0.1) is 0 Å². The molecule has 1 fully saturated rings. The van der Waals surface area contributed by atoms with Crippen molar-refractivity contribution < 1.29 is 32.7 Å². The van der Waals surface area contributed by atoms with E-state index in [0.717, 1.165) is 12.7 Å². The van der Waals surface area contributed by atoms with Crippen LogP contribution in [0.1, 0.15) is 32.4 Å². The fourth-order valence-corrected chi connectivity index (χ4v) is 5.28. The largest absolute Gasteiger partial charge is 0.467 e. The number of nitrogens with zero attached hydrogens (tertiary/aromatic N) is 1. The third-order valence-electron chi connectivity index (χ3n) is 4.59. The lowest BCUT2D eigenvalue weighted by Crippen LogP contribution is -2.71. The summed E-state index contributed by atoms with van der Waals surface area (Å²) in [4.78, 5) is 26.7. The Morgan fingerprint density at radius 1 is 1.19 bits per heavy atom. The fourth-order valence-electron chi connectivity index (χ4n) is 3.29. The maximum atomic E-state index is 13.4. The highest BCUT2D eigenvalue weighted by molar-refractivity contribution is 7.55. The molecule has 8 nitrogen and oxygen atoms in total. The number of carbonyl (C=O) groups excluding carboxylic acids is 2. The Morgan fingerprint density at radius 2 is 1.74 bits per heavy atom. The molecule has 1 amide bonds. The summed E-state index contributed by atoms with van der Waals surface area (Å²) in [7, 11) is -1.43. The van der Waals surface area contributed by atoms with Crippen molar-refractivity contribution in [1.29, 1.82) is 0 Å². The van der Waals surface area contributed by atoms with Crippen LogP contribution in [0.4, 0.5) is 0 Å². The molecule has 1 aliphatic heterocycles. The number of hydrogen-bond donors (Lipinski definition) is 0. The second kappa shape index (κ2) is 8.52. The molecule has 150 valence electrons. The van der Waals surface area contributed by atoms with E-state index in [1.165, 1.54) is 12.0 Å². The molecule has 0 aliphatic carbocycles. The number of likely N-dealkylation sites (tertiary alicyclic amines) is 1. The van der Waals surface area contributed by atoms with Crippen molar-refractivity contribution in [3.05, 3.63) is 35.9 Å². The average Bonchev–Trinajstić information content (AvgIpc) is 2.67. The minimum absolute atomic E-state index is 0.0460. The lowest BCUT2D eigenvalue weighted by atomic mass is 9.79. The van der Waals surface area contributed by atoms with Crippen molar-refractivity contribution in [3.63, 3.8) is 0 Å². The molecule has 9 heteroatoms. The molecule has 0 saturated carbocycles. The minimum atomic E-state index is -4.01. The maximum Gasteiger partial charge on any atom is 0.364 e. The van der Waals surface area contributed by atoms with E-state index in [0.29, 0.717) is 0 Å². The summed E-state index contributed by atoms with van der Waals surface area (Å²) in [6, 6.07) is 8.41. The summed E-state index contributed by atoms with van der Waals surface area (Å²) < 4.78 is 34.4. The van der Waals surface area contributed by atoms with Gasteiger partial charge in [-0.3, -0.25) is 9.36 Å². The van der Waals surface area contributed by atoms with Crippen LogP contribution < -0.4 is 0 Å². The van der Waals surface area contributed by atoms with Crippen LogP contribution in [0, 0.1) is 0 Å². The summed E-state index contributed by atoms with van der Waals surface area (Å²) in [5.41, 5.74) is -0.480. The van der Waals surface area contributed by atoms with Gasteiger partial charge in [0.2, 0.25) is 5.78 Å². The molecule has 1 aromatic carbocycles. The highest BCUT2D eigenvalue weighted by Gasteiger charge is 2.66. The van der Waals surface area contributed by atoms with Gasteiger partial charge in [-0.25, -0.2) is 4.79 Å². The van der Waals surface area contributed by atoms with Crippen molar-refractivity contribution in [3.8, 4) is 0 Å².